The molecule has 1 aliphatic heterocycles. The number of carbonyl (C=O) groups is 1. The van der Waals surface area contributed by atoms with E-state index in [9.17, 15) is 9.90 Å². The van der Waals surface area contributed by atoms with E-state index in [2.05, 4.69) is 27.4 Å². The number of carboxylic acids is 1. The molecule has 3 heterocycles. The predicted octanol–water partition coefficient (Wildman–Crippen LogP) is 4.32. The largest absolute Gasteiger partial charge is 0.480 e. The van der Waals surface area contributed by atoms with Crippen molar-refractivity contribution in [3.63, 3.8) is 0 Å². The molecule has 0 aliphatic carbocycles. The Morgan fingerprint density at radius 3 is 2.88 bits per heavy atom. The molecule has 1 fully saturated rings. The van der Waals surface area contributed by atoms with Crippen LogP contribution in [0.5, 0.6) is 0 Å². The van der Waals surface area contributed by atoms with Crippen molar-refractivity contribution in [3.05, 3.63) is 64.5 Å². The summed E-state index contributed by atoms with van der Waals surface area (Å²) in [5.41, 5.74) is 2.09. The van der Waals surface area contributed by atoms with Gasteiger partial charge in [0.15, 0.2) is 0 Å². The molecule has 2 atom stereocenters. The van der Waals surface area contributed by atoms with Gasteiger partial charge in [-0.2, -0.15) is 0 Å². The Hall–Kier alpha value is -2.24. The lowest BCUT2D eigenvalue weighted by molar-refractivity contribution is -0.145. The van der Waals surface area contributed by atoms with E-state index in [1.54, 1.807) is 11.3 Å². The van der Waals surface area contributed by atoms with Crippen LogP contribution < -0.4 is 0 Å². The molecule has 0 saturated carbocycles. The van der Waals surface area contributed by atoms with E-state index in [-0.39, 0.29) is 6.04 Å². The minimum atomic E-state index is -0.723. The molecule has 2 unspecified atom stereocenters. The van der Waals surface area contributed by atoms with Gasteiger partial charge in [-0.3, -0.25) is 14.7 Å². The number of rotatable bonds is 4. The molecule has 128 valence electrons. The van der Waals surface area contributed by atoms with Gasteiger partial charge >= 0.3 is 5.97 Å². The zero-order valence-electron chi connectivity index (χ0n) is 13.8. The summed E-state index contributed by atoms with van der Waals surface area (Å²) in [5, 5.41) is 12.9. The summed E-state index contributed by atoms with van der Waals surface area (Å²) >= 11 is 1.69. The van der Waals surface area contributed by atoms with E-state index in [0.29, 0.717) is 6.42 Å². The minimum Gasteiger partial charge on any atom is -0.480 e. The van der Waals surface area contributed by atoms with E-state index in [1.165, 1.54) is 4.88 Å². The van der Waals surface area contributed by atoms with E-state index in [0.717, 1.165) is 35.9 Å². The summed E-state index contributed by atoms with van der Waals surface area (Å²) in [5.74, 6) is -0.723. The fourth-order valence-corrected chi connectivity index (χ4v) is 4.69. The normalized spacial score (nSPS) is 19.8. The maximum atomic E-state index is 11.9. The second-order valence-corrected chi connectivity index (χ2v) is 7.40. The van der Waals surface area contributed by atoms with Crippen molar-refractivity contribution in [2.75, 3.05) is 6.54 Å². The first-order valence-electron chi connectivity index (χ1n) is 8.61. The third-order valence-electron chi connectivity index (χ3n) is 4.95. The number of hydrogen-bond acceptors (Lipinski definition) is 4. The van der Waals surface area contributed by atoms with Crippen LogP contribution in [0.25, 0.3) is 10.9 Å². The average molecular weight is 352 g/mol. The van der Waals surface area contributed by atoms with E-state index < -0.39 is 12.0 Å². The fourth-order valence-electron chi connectivity index (χ4n) is 3.83. The van der Waals surface area contributed by atoms with Gasteiger partial charge in [-0.05, 0) is 48.5 Å². The van der Waals surface area contributed by atoms with Crippen molar-refractivity contribution >= 4 is 28.2 Å². The number of carboxylic acid groups (broad SMARTS) is 1. The van der Waals surface area contributed by atoms with Gasteiger partial charge in [0.1, 0.15) is 6.04 Å². The van der Waals surface area contributed by atoms with Gasteiger partial charge in [0.05, 0.1) is 11.6 Å². The molecule has 4 nitrogen and oxygen atoms in total. The smallest absolute Gasteiger partial charge is 0.320 e. The molecule has 25 heavy (non-hydrogen) atoms. The standard InChI is InChI=1S/C20H20N2O2S/c23-20(24)17-8-3-4-12-22(17)19(18-9-5-13-25-18)15-10-11-21-16-7-2-1-6-14(15)16/h1-2,5-7,9-11,13,17,19H,3-4,8,12H2,(H,23,24). The monoisotopic (exact) mass is 352 g/mol. The summed E-state index contributed by atoms with van der Waals surface area (Å²) in [6, 6.07) is 13.8. The van der Waals surface area contributed by atoms with Crippen LogP contribution in [-0.4, -0.2) is 33.5 Å². The van der Waals surface area contributed by atoms with Crippen LogP contribution >= 0.6 is 11.3 Å². The lowest BCUT2D eigenvalue weighted by atomic mass is 9.93. The number of aliphatic carboxylic acids is 1. The molecule has 1 aromatic carbocycles. The second-order valence-electron chi connectivity index (χ2n) is 6.42. The Morgan fingerprint density at radius 2 is 2.08 bits per heavy atom. The number of piperidine rings is 1. The highest BCUT2D eigenvalue weighted by Gasteiger charge is 2.36. The van der Waals surface area contributed by atoms with Crippen molar-refractivity contribution in [2.45, 2.75) is 31.3 Å². The maximum Gasteiger partial charge on any atom is 0.320 e. The van der Waals surface area contributed by atoms with Crippen molar-refractivity contribution in [1.29, 1.82) is 0 Å². The number of pyridine rings is 1. The molecule has 0 spiro atoms. The van der Waals surface area contributed by atoms with Gasteiger partial charge in [0, 0.05) is 16.5 Å². The van der Waals surface area contributed by atoms with Gasteiger partial charge < -0.3 is 5.11 Å². The molecule has 0 bridgehead atoms. The molecule has 5 heteroatoms. The summed E-state index contributed by atoms with van der Waals surface area (Å²) < 4.78 is 0. The number of para-hydroxylation sites is 1. The van der Waals surface area contributed by atoms with Crippen LogP contribution in [0.15, 0.2) is 54.0 Å². The highest BCUT2D eigenvalue weighted by Crippen LogP contribution is 2.38. The lowest BCUT2D eigenvalue weighted by Gasteiger charge is -2.39. The fraction of sp³-hybridized carbons (Fsp3) is 0.300. The number of nitrogens with zero attached hydrogens (tertiary/aromatic N) is 2. The van der Waals surface area contributed by atoms with Crippen LogP contribution in [0.4, 0.5) is 0 Å². The highest BCUT2D eigenvalue weighted by molar-refractivity contribution is 7.10. The molecule has 1 N–H and O–H groups in total. The molecule has 1 aliphatic rings. The van der Waals surface area contributed by atoms with Gasteiger partial charge in [0.2, 0.25) is 0 Å². The number of fused-ring (bicyclic) bond motifs is 1. The Kier molecular flexibility index (Phi) is 4.51. The zero-order chi connectivity index (χ0) is 17.2. The van der Waals surface area contributed by atoms with Gasteiger partial charge in [-0.25, -0.2) is 0 Å². The zero-order valence-corrected chi connectivity index (χ0v) is 14.7. The summed E-state index contributed by atoms with van der Waals surface area (Å²) in [6.07, 6.45) is 4.55. The Labute approximate surface area is 150 Å². The summed E-state index contributed by atoms with van der Waals surface area (Å²) in [6.45, 7) is 0.802. The molecule has 4 rings (SSSR count). The van der Waals surface area contributed by atoms with Gasteiger partial charge in [-0.1, -0.05) is 30.7 Å². The van der Waals surface area contributed by atoms with Crippen LogP contribution in [0.1, 0.15) is 35.7 Å². The average Bonchev–Trinajstić information content (AvgIpc) is 3.17. The summed E-state index contributed by atoms with van der Waals surface area (Å²) in [4.78, 5) is 19.7. The number of thiophene rings is 1. The van der Waals surface area contributed by atoms with Crippen LogP contribution in [-0.2, 0) is 4.79 Å². The third kappa shape index (κ3) is 3.05. The van der Waals surface area contributed by atoms with E-state index in [4.69, 9.17) is 0 Å². The molecule has 2 aromatic heterocycles. The molecule has 3 aromatic rings. The number of aromatic nitrogens is 1. The Bertz CT molecular complexity index is 873. The number of benzene rings is 1. The second kappa shape index (κ2) is 6.94. The van der Waals surface area contributed by atoms with Gasteiger partial charge in [-0.15, -0.1) is 11.3 Å². The van der Waals surface area contributed by atoms with Crippen LogP contribution in [0.3, 0.4) is 0 Å². The highest BCUT2D eigenvalue weighted by atomic mass is 32.1. The number of likely N-dealkylation sites (tertiary alicyclic amines) is 1. The first kappa shape index (κ1) is 16.2. The lowest BCUT2D eigenvalue weighted by Crippen LogP contribution is -2.46. The van der Waals surface area contributed by atoms with Crippen molar-refractivity contribution < 1.29 is 9.90 Å². The molecule has 0 radical (unpaired) electrons. The van der Waals surface area contributed by atoms with E-state index >= 15 is 0 Å². The maximum absolute atomic E-state index is 11.9. The Morgan fingerprint density at radius 1 is 1.20 bits per heavy atom. The van der Waals surface area contributed by atoms with Crippen molar-refractivity contribution in [3.8, 4) is 0 Å². The van der Waals surface area contributed by atoms with Gasteiger partial charge in [0.25, 0.3) is 0 Å². The third-order valence-corrected chi connectivity index (χ3v) is 5.88. The summed E-state index contributed by atoms with van der Waals surface area (Å²) in [7, 11) is 0. The Balaban J connectivity index is 1.88. The quantitative estimate of drug-likeness (QED) is 0.759. The number of hydrogen-bond donors (Lipinski definition) is 1. The minimum absolute atomic E-state index is 0.0469. The molecular weight excluding hydrogens is 332 g/mol. The molecule has 1 saturated heterocycles. The van der Waals surface area contributed by atoms with Crippen LogP contribution in [0, 0.1) is 0 Å². The SMILES string of the molecule is O=C(O)C1CCCCN1C(c1cccs1)c1ccnc2ccccc12. The predicted molar refractivity (Wildman–Crippen MR) is 99.9 cm³/mol. The van der Waals surface area contributed by atoms with Crippen molar-refractivity contribution in [1.82, 2.24) is 9.88 Å². The van der Waals surface area contributed by atoms with Crippen molar-refractivity contribution in [2.24, 2.45) is 0 Å². The first-order chi connectivity index (χ1) is 12.3. The first-order valence-corrected chi connectivity index (χ1v) is 9.49. The molecule has 0 amide bonds. The van der Waals surface area contributed by atoms with Crippen LogP contribution in [0.2, 0.25) is 0 Å². The molecular formula is C20H20N2O2S. The topological polar surface area (TPSA) is 53.4 Å². The van der Waals surface area contributed by atoms with E-state index in [1.807, 2.05) is 36.5 Å².